The molecule has 0 aliphatic rings. The lowest BCUT2D eigenvalue weighted by Crippen LogP contribution is -1.76. The topological polar surface area (TPSA) is 0 Å². The molecule has 1 rings (SSSR count). The summed E-state index contributed by atoms with van der Waals surface area (Å²) in [5.74, 6) is 6.40. The summed E-state index contributed by atoms with van der Waals surface area (Å²) in [7, 11) is 0. The van der Waals surface area contributed by atoms with Crippen molar-refractivity contribution in [2.75, 3.05) is 0 Å². The Hall–Kier alpha value is -1.48. The highest BCUT2D eigenvalue weighted by atomic mass is 13.9. The molecule has 0 spiro atoms. The average Bonchev–Trinajstić information content (AvgIpc) is 2.25. The monoisotopic (exact) mass is 212 g/mol. The normalized spacial score (nSPS) is 9.19. The fraction of sp³-hybridized carbons (Fsp3) is 0.375. The van der Waals surface area contributed by atoms with Gasteiger partial charge in [0.25, 0.3) is 0 Å². The maximum atomic E-state index is 3.22. The summed E-state index contributed by atoms with van der Waals surface area (Å²) in [4.78, 5) is 0. The van der Waals surface area contributed by atoms with Crippen molar-refractivity contribution in [2.45, 2.75) is 40.0 Å². The summed E-state index contributed by atoms with van der Waals surface area (Å²) >= 11 is 0. The molecule has 0 aliphatic heterocycles. The van der Waals surface area contributed by atoms with Gasteiger partial charge in [-0.15, -0.1) is 0 Å². The summed E-state index contributed by atoms with van der Waals surface area (Å²) in [5, 5.41) is 0. The fourth-order valence-electron chi connectivity index (χ4n) is 1.38. The van der Waals surface area contributed by atoms with Crippen LogP contribution in [-0.4, -0.2) is 0 Å². The Labute approximate surface area is 99.4 Å². The van der Waals surface area contributed by atoms with Crippen LogP contribution in [0.5, 0.6) is 0 Å². The van der Waals surface area contributed by atoms with Crippen LogP contribution in [0.25, 0.3) is 0 Å². The third-order valence-electron chi connectivity index (χ3n) is 2.34. The number of unbranched alkanes of at least 4 members (excludes halogenated alkanes) is 2. The molecule has 0 unspecified atom stereocenters. The smallest absolute Gasteiger partial charge is 0.0245 e. The van der Waals surface area contributed by atoms with Crippen molar-refractivity contribution >= 4 is 0 Å². The van der Waals surface area contributed by atoms with Crippen molar-refractivity contribution < 1.29 is 0 Å². The summed E-state index contributed by atoms with van der Waals surface area (Å²) in [6, 6.07) is 8.37. The number of benzene rings is 1. The standard InChI is InChI=1S/C16H20/c1-14(2)8-6-4-5-7-9-16-12-10-15(3)11-13-16/h8,10-13H,4-6H2,1-3H3. The predicted octanol–water partition coefficient (Wildman–Crippen LogP) is 4.48. The van der Waals surface area contributed by atoms with Gasteiger partial charge in [0, 0.05) is 12.0 Å². The van der Waals surface area contributed by atoms with E-state index in [2.05, 4.69) is 63.0 Å². The summed E-state index contributed by atoms with van der Waals surface area (Å²) in [6.07, 6.45) is 5.56. The Bertz CT molecular complexity index is 392. The van der Waals surface area contributed by atoms with E-state index in [1.165, 1.54) is 11.1 Å². The second kappa shape index (κ2) is 6.90. The van der Waals surface area contributed by atoms with E-state index in [0.29, 0.717) is 0 Å². The van der Waals surface area contributed by atoms with Gasteiger partial charge in [-0.05, 0) is 45.7 Å². The molecule has 1 aromatic carbocycles. The Morgan fingerprint density at radius 1 is 1.19 bits per heavy atom. The van der Waals surface area contributed by atoms with Crippen molar-refractivity contribution in [3.05, 3.63) is 47.0 Å². The molecular formula is C16H20. The molecule has 0 bridgehead atoms. The molecule has 0 saturated heterocycles. The van der Waals surface area contributed by atoms with Crippen molar-refractivity contribution in [1.82, 2.24) is 0 Å². The SMILES string of the molecule is CC(C)=CCCCC#Cc1ccc(C)cc1. The highest BCUT2D eigenvalue weighted by Crippen LogP contribution is 2.02. The zero-order chi connectivity index (χ0) is 11.8. The van der Waals surface area contributed by atoms with Gasteiger partial charge in [-0.2, -0.15) is 0 Å². The lowest BCUT2D eigenvalue weighted by atomic mass is 10.1. The quantitative estimate of drug-likeness (QED) is 0.393. The minimum Gasteiger partial charge on any atom is -0.0979 e. The Balaban J connectivity index is 2.33. The fourth-order valence-corrected chi connectivity index (χ4v) is 1.38. The molecule has 0 heterocycles. The largest absolute Gasteiger partial charge is 0.0979 e. The molecule has 1 aromatic rings. The van der Waals surface area contributed by atoms with E-state index in [-0.39, 0.29) is 0 Å². The molecule has 0 fully saturated rings. The number of hydrogen-bond donors (Lipinski definition) is 0. The lowest BCUT2D eigenvalue weighted by Gasteiger charge is -1.92. The molecule has 0 aromatic heterocycles. The number of allylic oxidation sites excluding steroid dienone is 2. The molecular weight excluding hydrogens is 192 g/mol. The molecule has 0 aliphatic carbocycles. The maximum Gasteiger partial charge on any atom is 0.0245 e. The van der Waals surface area contributed by atoms with E-state index >= 15 is 0 Å². The zero-order valence-corrected chi connectivity index (χ0v) is 10.5. The molecule has 0 amide bonds. The highest BCUT2D eigenvalue weighted by molar-refractivity contribution is 5.35. The summed E-state index contributed by atoms with van der Waals surface area (Å²) in [5.41, 5.74) is 3.80. The molecule has 16 heavy (non-hydrogen) atoms. The molecule has 0 atom stereocenters. The molecule has 0 N–H and O–H groups in total. The van der Waals surface area contributed by atoms with Crippen molar-refractivity contribution in [2.24, 2.45) is 0 Å². The van der Waals surface area contributed by atoms with Crippen LogP contribution in [0.1, 0.15) is 44.2 Å². The van der Waals surface area contributed by atoms with Gasteiger partial charge in [-0.1, -0.05) is 41.2 Å². The van der Waals surface area contributed by atoms with Gasteiger partial charge in [0.2, 0.25) is 0 Å². The van der Waals surface area contributed by atoms with E-state index in [9.17, 15) is 0 Å². The van der Waals surface area contributed by atoms with Gasteiger partial charge in [-0.25, -0.2) is 0 Å². The van der Waals surface area contributed by atoms with Gasteiger partial charge in [-0.3, -0.25) is 0 Å². The van der Waals surface area contributed by atoms with Crippen LogP contribution in [0.4, 0.5) is 0 Å². The molecule has 0 heteroatoms. The third kappa shape index (κ3) is 5.41. The summed E-state index contributed by atoms with van der Waals surface area (Å²) < 4.78 is 0. The van der Waals surface area contributed by atoms with E-state index in [1.54, 1.807) is 0 Å². The van der Waals surface area contributed by atoms with E-state index in [0.717, 1.165) is 24.8 Å². The minimum atomic E-state index is 0.984. The van der Waals surface area contributed by atoms with Crippen LogP contribution >= 0.6 is 0 Å². The van der Waals surface area contributed by atoms with Crippen LogP contribution in [0.3, 0.4) is 0 Å². The van der Waals surface area contributed by atoms with Crippen molar-refractivity contribution in [3.63, 3.8) is 0 Å². The van der Waals surface area contributed by atoms with Gasteiger partial charge >= 0.3 is 0 Å². The lowest BCUT2D eigenvalue weighted by molar-refractivity contribution is 0.878. The van der Waals surface area contributed by atoms with Crippen LogP contribution in [0, 0.1) is 18.8 Å². The first-order chi connectivity index (χ1) is 7.68. The Morgan fingerprint density at radius 2 is 1.88 bits per heavy atom. The third-order valence-corrected chi connectivity index (χ3v) is 2.34. The van der Waals surface area contributed by atoms with E-state index in [4.69, 9.17) is 0 Å². The van der Waals surface area contributed by atoms with Crippen LogP contribution in [0.15, 0.2) is 35.9 Å². The minimum absolute atomic E-state index is 0.984. The zero-order valence-electron chi connectivity index (χ0n) is 10.5. The predicted molar refractivity (Wildman–Crippen MR) is 71.3 cm³/mol. The van der Waals surface area contributed by atoms with Gasteiger partial charge in [0.15, 0.2) is 0 Å². The number of rotatable bonds is 3. The Morgan fingerprint density at radius 3 is 2.50 bits per heavy atom. The number of hydrogen-bond acceptors (Lipinski definition) is 0. The van der Waals surface area contributed by atoms with Crippen LogP contribution in [0.2, 0.25) is 0 Å². The first-order valence-corrected chi connectivity index (χ1v) is 5.87. The second-order valence-corrected chi connectivity index (χ2v) is 4.34. The highest BCUT2D eigenvalue weighted by Gasteiger charge is 1.86. The maximum absolute atomic E-state index is 3.22. The van der Waals surface area contributed by atoms with E-state index in [1.807, 2.05) is 0 Å². The first-order valence-electron chi connectivity index (χ1n) is 5.87. The van der Waals surface area contributed by atoms with E-state index < -0.39 is 0 Å². The number of aryl methyl sites for hydroxylation is 1. The van der Waals surface area contributed by atoms with Gasteiger partial charge in [0.05, 0.1) is 0 Å². The van der Waals surface area contributed by atoms with Gasteiger partial charge in [0.1, 0.15) is 0 Å². The summed E-state index contributed by atoms with van der Waals surface area (Å²) in [6.45, 7) is 6.37. The molecule has 84 valence electrons. The molecule has 0 radical (unpaired) electrons. The Kier molecular flexibility index (Phi) is 5.43. The molecule has 0 saturated carbocycles. The second-order valence-electron chi connectivity index (χ2n) is 4.34. The van der Waals surface area contributed by atoms with Crippen molar-refractivity contribution in [1.29, 1.82) is 0 Å². The van der Waals surface area contributed by atoms with Crippen LogP contribution in [-0.2, 0) is 0 Å². The van der Waals surface area contributed by atoms with Crippen molar-refractivity contribution in [3.8, 4) is 11.8 Å². The first kappa shape index (κ1) is 12.6. The van der Waals surface area contributed by atoms with Crippen LogP contribution < -0.4 is 0 Å². The molecule has 0 nitrogen and oxygen atoms in total. The van der Waals surface area contributed by atoms with Gasteiger partial charge < -0.3 is 0 Å². The average molecular weight is 212 g/mol.